The highest BCUT2D eigenvalue weighted by Gasteiger charge is 2.28. The number of nitrogens with zero attached hydrogens (tertiary/aromatic N) is 1. The Morgan fingerprint density at radius 1 is 1.41 bits per heavy atom. The van der Waals surface area contributed by atoms with Gasteiger partial charge in [-0.2, -0.15) is 0 Å². The normalized spacial score (nSPS) is 21.3. The molecule has 8 heteroatoms. The molecule has 0 radical (unpaired) electrons. The minimum atomic E-state index is -3.46. The zero-order valence-corrected chi connectivity index (χ0v) is 10.3. The number of nitrogens with two attached hydrogens (primary N) is 1. The van der Waals surface area contributed by atoms with Crippen LogP contribution < -0.4 is 5.73 Å². The third-order valence-electron chi connectivity index (χ3n) is 2.82. The monoisotopic (exact) mass is 266 g/mol. The Morgan fingerprint density at radius 3 is 2.41 bits per heavy atom. The summed E-state index contributed by atoms with van der Waals surface area (Å²) in [5, 5.41) is 17.8. The largest absolute Gasteiger partial charge is 0.480 e. The number of hydrogen-bond acceptors (Lipinski definition) is 5. The molecule has 0 aromatic rings. The maximum atomic E-state index is 11.8. The third-order valence-corrected chi connectivity index (χ3v) is 4.72. The molecule has 1 heterocycles. The SMILES string of the molecule is N[C@@H](CCS(=O)(=O)N1CCC(O)CC1)C(=O)O. The van der Waals surface area contributed by atoms with Crippen LogP contribution in [-0.4, -0.2) is 59.9 Å². The van der Waals surface area contributed by atoms with E-state index in [1.54, 1.807) is 0 Å². The Labute approximate surface area is 100 Å². The van der Waals surface area contributed by atoms with Crippen LogP contribution in [0.25, 0.3) is 0 Å². The molecular formula is C9H18N2O5S. The van der Waals surface area contributed by atoms with Crippen molar-refractivity contribution < 1.29 is 23.4 Å². The number of carboxylic acid groups (broad SMARTS) is 1. The van der Waals surface area contributed by atoms with Gasteiger partial charge in [-0.3, -0.25) is 4.79 Å². The summed E-state index contributed by atoms with van der Waals surface area (Å²) in [5.74, 6) is -1.47. The van der Waals surface area contributed by atoms with Crippen molar-refractivity contribution in [3.05, 3.63) is 0 Å². The smallest absolute Gasteiger partial charge is 0.320 e. The summed E-state index contributed by atoms with van der Waals surface area (Å²) in [7, 11) is -3.46. The second-order valence-corrected chi connectivity index (χ2v) is 6.27. The molecule has 0 spiro atoms. The van der Waals surface area contributed by atoms with Gasteiger partial charge in [0.1, 0.15) is 6.04 Å². The Morgan fingerprint density at radius 2 is 1.94 bits per heavy atom. The summed E-state index contributed by atoms with van der Waals surface area (Å²) in [6.07, 6.45) is 0.299. The van der Waals surface area contributed by atoms with Crippen LogP contribution in [0.5, 0.6) is 0 Å². The van der Waals surface area contributed by atoms with E-state index in [2.05, 4.69) is 0 Å². The predicted octanol–water partition coefficient (Wildman–Crippen LogP) is -1.43. The topological polar surface area (TPSA) is 121 Å². The summed E-state index contributed by atoms with van der Waals surface area (Å²) >= 11 is 0. The molecule has 1 atom stereocenters. The van der Waals surface area contributed by atoms with Gasteiger partial charge in [0.05, 0.1) is 11.9 Å². The Balaban J connectivity index is 2.48. The lowest BCUT2D eigenvalue weighted by Gasteiger charge is -2.28. The lowest BCUT2D eigenvalue weighted by Crippen LogP contribution is -2.42. The first-order valence-corrected chi connectivity index (χ1v) is 7.08. The molecule has 7 nitrogen and oxygen atoms in total. The van der Waals surface area contributed by atoms with E-state index in [1.165, 1.54) is 4.31 Å². The molecule has 1 aliphatic heterocycles. The maximum Gasteiger partial charge on any atom is 0.320 e. The number of carboxylic acids is 1. The van der Waals surface area contributed by atoms with Gasteiger partial charge in [-0.25, -0.2) is 12.7 Å². The van der Waals surface area contributed by atoms with Crippen molar-refractivity contribution in [2.24, 2.45) is 5.73 Å². The minimum Gasteiger partial charge on any atom is -0.480 e. The fourth-order valence-corrected chi connectivity index (χ4v) is 3.23. The van der Waals surface area contributed by atoms with Crippen molar-refractivity contribution in [1.82, 2.24) is 4.31 Å². The number of hydrogen-bond donors (Lipinski definition) is 3. The standard InChI is InChI=1S/C9H18N2O5S/c10-8(9(13)14)3-6-17(15,16)11-4-1-7(12)2-5-11/h7-8,12H,1-6,10H2,(H,13,14)/t8-/m0/s1. The average molecular weight is 266 g/mol. The molecule has 1 aliphatic rings. The Hall–Kier alpha value is -0.700. The highest BCUT2D eigenvalue weighted by Crippen LogP contribution is 2.15. The van der Waals surface area contributed by atoms with Crippen molar-refractivity contribution in [1.29, 1.82) is 0 Å². The average Bonchev–Trinajstić information content (AvgIpc) is 2.26. The molecule has 0 saturated carbocycles. The van der Waals surface area contributed by atoms with Gasteiger partial charge in [0, 0.05) is 13.1 Å². The molecule has 0 bridgehead atoms. The minimum absolute atomic E-state index is 0.100. The van der Waals surface area contributed by atoms with Crippen molar-refractivity contribution >= 4 is 16.0 Å². The van der Waals surface area contributed by atoms with E-state index < -0.39 is 28.1 Å². The van der Waals surface area contributed by atoms with Gasteiger partial charge in [-0.1, -0.05) is 0 Å². The molecule has 0 aliphatic carbocycles. The molecule has 0 aromatic carbocycles. The highest BCUT2D eigenvalue weighted by molar-refractivity contribution is 7.89. The van der Waals surface area contributed by atoms with Crippen LogP contribution in [0.1, 0.15) is 19.3 Å². The van der Waals surface area contributed by atoms with E-state index in [4.69, 9.17) is 10.8 Å². The van der Waals surface area contributed by atoms with E-state index in [0.29, 0.717) is 12.8 Å². The molecule has 1 fully saturated rings. The predicted molar refractivity (Wildman–Crippen MR) is 60.8 cm³/mol. The van der Waals surface area contributed by atoms with Gasteiger partial charge in [0.2, 0.25) is 10.0 Å². The van der Waals surface area contributed by atoms with Crippen molar-refractivity contribution in [2.45, 2.75) is 31.4 Å². The van der Waals surface area contributed by atoms with Gasteiger partial charge in [-0.05, 0) is 19.3 Å². The first-order chi connectivity index (χ1) is 7.83. The first-order valence-electron chi connectivity index (χ1n) is 5.47. The second-order valence-electron chi connectivity index (χ2n) is 4.18. The van der Waals surface area contributed by atoms with Crippen LogP contribution in [0.4, 0.5) is 0 Å². The van der Waals surface area contributed by atoms with E-state index >= 15 is 0 Å². The van der Waals surface area contributed by atoms with Crippen LogP contribution >= 0.6 is 0 Å². The van der Waals surface area contributed by atoms with Gasteiger partial charge < -0.3 is 15.9 Å². The Kier molecular flexibility index (Phi) is 4.87. The number of aliphatic hydroxyl groups excluding tert-OH is 1. The summed E-state index contributed by atoms with van der Waals surface area (Å²) in [6, 6.07) is -1.15. The zero-order chi connectivity index (χ0) is 13.1. The molecule has 1 saturated heterocycles. The van der Waals surface area contributed by atoms with Crippen LogP contribution in [0.2, 0.25) is 0 Å². The quantitative estimate of drug-likeness (QED) is 0.561. The van der Waals surface area contributed by atoms with E-state index in [0.717, 1.165) is 0 Å². The highest BCUT2D eigenvalue weighted by atomic mass is 32.2. The van der Waals surface area contributed by atoms with Crippen LogP contribution in [-0.2, 0) is 14.8 Å². The van der Waals surface area contributed by atoms with Crippen molar-refractivity contribution in [3.8, 4) is 0 Å². The molecule has 0 amide bonds. The fraction of sp³-hybridized carbons (Fsp3) is 0.889. The number of piperidine rings is 1. The molecule has 4 N–H and O–H groups in total. The van der Waals surface area contributed by atoms with E-state index in [9.17, 15) is 18.3 Å². The summed E-state index contributed by atoms with van der Waals surface area (Å²) in [6.45, 7) is 0.567. The van der Waals surface area contributed by atoms with E-state index in [-0.39, 0.29) is 25.3 Å². The number of rotatable bonds is 5. The molecule has 0 aromatic heterocycles. The van der Waals surface area contributed by atoms with Gasteiger partial charge in [-0.15, -0.1) is 0 Å². The fourth-order valence-electron chi connectivity index (χ4n) is 1.65. The van der Waals surface area contributed by atoms with Crippen molar-refractivity contribution in [2.75, 3.05) is 18.8 Å². The summed E-state index contributed by atoms with van der Waals surface area (Å²) < 4.78 is 24.9. The lowest BCUT2D eigenvalue weighted by molar-refractivity contribution is -0.138. The third kappa shape index (κ3) is 4.23. The number of aliphatic carboxylic acids is 1. The van der Waals surface area contributed by atoms with E-state index in [1.807, 2.05) is 0 Å². The summed E-state index contributed by atoms with van der Waals surface area (Å²) in [4.78, 5) is 10.5. The first kappa shape index (κ1) is 14.4. The number of carbonyl (C=O) groups is 1. The lowest BCUT2D eigenvalue weighted by atomic mass is 10.1. The van der Waals surface area contributed by atoms with Gasteiger partial charge >= 0.3 is 5.97 Å². The van der Waals surface area contributed by atoms with Crippen molar-refractivity contribution in [3.63, 3.8) is 0 Å². The molecule has 100 valence electrons. The van der Waals surface area contributed by atoms with Gasteiger partial charge in [0.15, 0.2) is 0 Å². The number of aliphatic hydroxyl groups is 1. The molecule has 0 unspecified atom stereocenters. The van der Waals surface area contributed by atoms with Crippen LogP contribution in [0.3, 0.4) is 0 Å². The summed E-state index contributed by atoms with van der Waals surface area (Å²) in [5.41, 5.74) is 5.25. The van der Waals surface area contributed by atoms with Crippen LogP contribution in [0, 0.1) is 0 Å². The van der Waals surface area contributed by atoms with Crippen LogP contribution in [0.15, 0.2) is 0 Å². The Bertz CT molecular complexity index is 362. The zero-order valence-electron chi connectivity index (χ0n) is 9.45. The second kappa shape index (κ2) is 5.76. The molecular weight excluding hydrogens is 248 g/mol. The maximum absolute atomic E-state index is 11.8. The molecule has 1 rings (SSSR count). The van der Waals surface area contributed by atoms with Gasteiger partial charge in [0.25, 0.3) is 0 Å². The molecule has 17 heavy (non-hydrogen) atoms. The number of sulfonamides is 1.